The summed E-state index contributed by atoms with van der Waals surface area (Å²) in [5, 5.41) is 21.7. The second-order valence-corrected chi connectivity index (χ2v) is 3.14. The molecule has 1 aromatic rings. The van der Waals surface area contributed by atoms with Gasteiger partial charge in [-0.15, -0.1) is 0 Å². The van der Waals surface area contributed by atoms with Crippen LogP contribution in [-0.2, 0) is 4.74 Å². The van der Waals surface area contributed by atoms with E-state index in [0.29, 0.717) is 12.1 Å². The normalized spacial score (nSPS) is 22.2. The Kier molecular flexibility index (Phi) is 2.35. The standard InChI is InChI=1S/C7H11BN2O3/c11-8(12)6-3-9-10(4-6)7-1-2-13-5-7/h3-4,7,11-12H,1-2,5H2/t7-/m0/s1. The number of ether oxygens (including phenoxy) is 1. The Labute approximate surface area is 76.1 Å². The van der Waals surface area contributed by atoms with Gasteiger partial charge in [0, 0.05) is 24.5 Å². The second-order valence-electron chi connectivity index (χ2n) is 3.14. The first-order valence-corrected chi connectivity index (χ1v) is 4.25. The molecule has 0 radical (unpaired) electrons. The summed E-state index contributed by atoms with van der Waals surface area (Å²) in [5.41, 5.74) is 0.423. The lowest BCUT2D eigenvalue weighted by molar-refractivity contribution is 0.184. The molecule has 0 spiro atoms. The van der Waals surface area contributed by atoms with Crippen molar-refractivity contribution < 1.29 is 14.8 Å². The molecule has 0 bridgehead atoms. The number of hydrogen-bond acceptors (Lipinski definition) is 4. The van der Waals surface area contributed by atoms with Crippen LogP contribution in [0.5, 0.6) is 0 Å². The van der Waals surface area contributed by atoms with E-state index < -0.39 is 7.12 Å². The van der Waals surface area contributed by atoms with E-state index in [4.69, 9.17) is 14.8 Å². The highest BCUT2D eigenvalue weighted by Gasteiger charge is 2.20. The largest absolute Gasteiger partial charge is 0.491 e. The van der Waals surface area contributed by atoms with Crippen molar-refractivity contribution in [3.8, 4) is 0 Å². The Balaban J connectivity index is 2.12. The van der Waals surface area contributed by atoms with Gasteiger partial charge < -0.3 is 14.8 Å². The molecule has 5 nitrogen and oxygen atoms in total. The number of aromatic nitrogens is 2. The topological polar surface area (TPSA) is 67.5 Å². The van der Waals surface area contributed by atoms with Gasteiger partial charge in [-0.25, -0.2) is 0 Å². The smallest absolute Gasteiger partial charge is 0.423 e. The van der Waals surface area contributed by atoms with Crippen LogP contribution in [0.1, 0.15) is 12.5 Å². The summed E-state index contributed by atoms with van der Waals surface area (Å²) in [6, 6.07) is 0.243. The van der Waals surface area contributed by atoms with Gasteiger partial charge in [-0.05, 0) is 6.42 Å². The first-order chi connectivity index (χ1) is 6.27. The molecule has 1 saturated heterocycles. The van der Waals surface area contributed by atoms with Gasteiger partial charge in [-0.2, -0.15) is 5.10 Å². The highest BCUT2D eigenvalue weighted by molar-refractivity contribution is 6.58. The van der Waals surface area contributed by atoms with E-state index in [1.54, 1.807) is 10.9 Å². The van der Waals surface area contributed by atoms with E-state index in [1.165, 1.54) is 6.20 Å². The van der Waals surface area contributed by atoms with Crippen molar-refractivity contribution in [3.63, 3.8) is 0 Å². The molecule has 1 atom stereocenters. The third-order valence-corrected chi connectivity index (χ3v) is 2.20. The highest BCUT2D eigenvalue weighted by Crippen LogP contribution is 2.16. The van der Waals surface area contributed by atoms with Crippen LogP contribution in [0.4, 0.5) is 0 Å². The summed E-state index contributed by atoms with van der Waals surface area (Å²) in [5.74, 6) is 0. The summed E-state index contributed by atoms with van der Waals surface area (Å²) in [6.07, 6.45) is 4.04. The average molecular weight is 182 g/mol. The van der Waals surface area contributed by atoms with Crippen LogP contribution in [-0.4, -0.2) is 40.2 Å². The molecule has 1 aromatic heterocycles. The minimum atomic E-state index is -1.43. The molecule has 70 valence electrons. The van der Waals surface area contributed by atoms with Gasteiger partial charge in [-0.3, -0.25) is 4.68 Å². The summed E-state index contributed by atoms with van der Waals surface area (Å²) < 4.78 is 6.92. The first-order valence-electron chi connectivity index (χ1n) is 4.25. The molecular formula is C7H11BN2O3. The summed E-state index contributed by atoms with van der Waals surface area (Å²) >= 11 is 0. The van der Waals surface area contributed by atoms with Gasteiger partial charge >= 0.3 is 7.12 Å². The quantitative estimate of drug-likeness (QED) is 0.547. The average Bonchev–Trinajstić information content (AvgIpc) is 2.75. The van der Waals surface area contributed by atoms with E-state index in [-0.39, 0.29) is 6.04 Å². The van der Waals surface area contributed by atoms with Gasteiger partial charge in [0.2, 0.25) is 0 Å². The Morgan fingerprint density at radius 1 is 1.62 bits per heavy atom. The predicted molar refractivity (Wildman–Crippen MR) is 46.5 cm³/mol. The molecular weight excluding hydrogens is 171 g/mol. The molecule has 0 aromatic carbocycles. The maximum atomic E-state index is 8.85. The van der Waals surface area contributed by atoms with Gasteiger partial charge in [-0.1, -0.05) is 0 Å². The van der Waals surface area contributed by atoms with E-state index in [0.717, 1.165) is 13.0 Å². The molecule has 0 unspecified atom stereocenters. The molecule has 2 heterocycles. The van der Waals surface area contributed by atoms with Gasteiger partial charge in [0.05, 0.1) is 12.6 Å². The third-order valence-electron chi connectivity index (χ3n) is 2.20. The van der Waals surface area contributed by atoms with E-state index in [1.807, 2.05) is 0 Å². The first kappa shape index (κ1) is 8.74. The molecule has 0 saturated carbocycles. The molecule has 6 heteroatoms. The van der Waals surface area contributed by atoms with Crippen molar-refractivity contribution in [2.24, 2.45) is 0 Å². The minimum Gasteiger partial charge on any atom is -0.423 e. The van der Waals surface area contributed by atoms with Crippen LogP contribution in [0.2, 0.25) is 0 Å². The Morgan fingerprint density at radius 3 is 3.00 bits per heavy atom. The van der Waals surface area contributed by atoms with Gasteiger partial charge in [0.25, 0.3) is 0 Å². The van der Waals surface area contributed by atoms with Gasteiger partial charge in [0.15, 0.2) is 0 Å². The molecule has 1 fully saturated rings. The second kappa shape index (κ2) is 3.49. The monoisotopic (exact) mass is 182 g/mol. The van der Waals surface area contributed by atoms with Crippen molar-refractivity contribution >= 4 is 12.6 Å². The third kappa shape index (κ3) is 1.74. The van der Waals surface area contributed by atoms with E-state index >= 15 is 0 Å². The van der Waals surface area contributed by atoms with Crippen LogP contribution in [0.15, 0.2) is 12.4 Å². The van der Waals surface area contributed by atoms with Crippen molar-refractivity contribution in [2.75, 3.05) is 13.2 Å². The van der Waals surface area contributed by atoms with E-state index in [2.05, 4.69) is 5.10 Å². The maximum absolute atomic E-state index is 8.85. The fourth-order valence-corrected chi connectivity index (χ4v) is 1.42. The van der Waals surface area contributed by atoms with Crippen LogP contribution >= 0.6 is 0 Å². The van der Waals surface area contributed by atoms with Crippen LogP contribution in [0, 0.1) is 0 Å². The molecule has 0 amide bonds. The molecule has 2 N–H and O–H groups in total. The zero-order valence-corrected chi connectivity index (χ0v) is 7.13. The van der Waals surface area contributed by atoms with E-state index in [9.17, 15) is 0 Å². The SMILES string of the molecule is OB(O)c1cnn([C@H]2CCOC2)c1. The molecule has 13 heavy (non-hydrogen) atoms. The van der Waals surface area contributed by atoms with Crippen LogP contribution in [0.25, 0.3) is 0 Å². The summed E-state index contributed by atoms with van der Waals surface area (Å²) in [4.78, 5) is 0. The van der Waals surface area contributed by atoms with Crippen LogP contribution in [0.3, 0.4) is 0 Å². The Bertz CT molecular complexity index is 283. The Hall–Kier alpha value is -0.845. The lowest BCUT2D eigenvalue weighted by Crippen LogP contribution is -2.28. The molecule has 1 aliphatic rings. The predicted octanol–water partition coefficient (Wildman–Crippen LogP) is -1.48. The van der Waals surface area contributed by atoms with Crippen LogP contribution < -0.4 is 5.46 Å². The molecule has 1 aliphatic heterocycles. The van der Waals surface area contributed by atoms with Crippen molar-refractivity contribution in [1.82, 2.24) is 9.78 Å². The fourth-order valence-electron chi connectivity index (χ4n) is 1.42. The van der Waals surface area contributed by atoms with Crippen molar-refractivity contribution in [3.05, 3.63) is 12.4 Å². The summed E-state index contributed by atoms with van der Waals surface area (Å²) in [6.45, 7) is 1.41. The summed E-state index contributed by atoms with van der Waals surface area (Å²) in [7, 11) is -1.43. The van der Waals surface area contributed by atoms with Crippen molar-refractivity contribution in [1.29, 1.82) is 0 Å². The van der Waals surface area contributed by atoms with Gasteiger partial charge in [0.1, 0.15) is 0 Å². The maximum Gasteiger partial charge on any atom is 0.491 e. The minimum absolute atomic E-state index is 0.243. The zero-order valence-electron chi connectivity index (χ0n) is 7.13. The molecule has 0 aliphatic carbocycles. The van der Waals surface area contributed by atoms with Crippen molar-refractivity contribution in [2.45, 2.75) is 12.5 Å². The zero-order chi connectivity index (χ0) is 9.26. The lowest BCUT2D eigenvalue weighted by atomic mass is 9.83. The number of nitrogens with zero attached hydrogens (tertiary/aromatic N) is 2. The number of rotatable bonds is 2. The molecule has 2 rings (SSSR count). The highest BCUT2D eigenvalue weighted by atomic mass is 16.5. The fraction of sp³-hybridized carbons (Fsp3) is 0.571. The Morgan fingerprint density at radius 2 is 2.46 bits per heavy atom. The lowest BCUT2D eigenvalue weighted by Gasteiger charge is -2.06. The number of hydrogen-bond donors (Lipinski definition) is 2.